The summed E-state index contributed by atoms with van der Waals surface area (Å²) in [6.45, 7) is 4.91. The Morgan fingerprint density at radius 3 is 1.04 bits per heavy atom. The van der Waals surface area contributed by atoms with E-state index in [2.05, 4.69) is 26.0 Å². The Morgan fingerprint density at radius 1 is 0.408 bits per heavy atom. The predicted octanol–water partition coefficient (Wildman–Crippen LogP) is 18.1. The average Bonchev–Trinajstić information content (AvgIpc) is 3.34. The Kier molecular flexibility index (Phi) is 52.8. The minimum absolute atomic E-state index is 0.179. The first-order valence-corrected chi connectivity index (χ1v) is 30.9. The van der Waals surface area contributed by atoms with Gasteiger partial charge in [-0.1, -0.05) is 270 Å². The molecular formula is C62H120NO8+. The fraction of sp³-hybridized carbons (Fsp3) is 0.919. The highest BCUT2D eigenvalue weighted by Crippen LogP contribution is 2.18. The van der Waals surface area contributed by atoms with E-state index in [-0.39, 0.29) is 32.2 Å². The quantitative estimate of drug-likeness (QED) is 0.0211. The summed E-state index contributed by atoms with van der Waals surface area (Å²) in [7, 11) is 5.97. The largest absolute Gasteiger partial charge is 0.477 e. The van der Waals surface area contributed by atoms with Crippen LogP contribution in [0.2, 0.25) is 0 Å². The van der Waals surface area contributed by atoms with Crippen molar-refractivity contribution < 1.29 is 42.9 Å². The number of allylic oxidation sites excluding steroid dienone is 2. The molecule has 0 aliphatic rings. The van der Waals surface area contributed by atoms with E-state index >= 15 is 0 Å². The number of carboxylic acids is 1. The molecule has 71 heavy (non-hydrogen) atoms. The number of carbonyl (C=O) groups excluding carboxylic acids is 2. The molecule has 0 saturated heterocycles. The van der Waals surface area contributed by atoms with E-state index in [0.717, 1.165) is 51.4 Å². The van der Waals surface area contributed by atoms with Crippen LogP contribution in [0.15, 0.2) is 12.2 Å². The summed E-state index contributed by atoms with van der Waals surface area (Å²) in [5, 5.41) is 9.69. The summed E-state index contributed by atoms with van der Waals surface area (Å²) in [5.41, 5.74) is 0. The van der Waals surface area contributed by atoms with Crippen LogP contribution in [-0.2, 0) is 33.3 Å². The van der Waals surface area contributed by atoms with Gasteiger partial charge in [0.05, 0.1) is 34.4 Å². The fourth-order valence-electron chi connectivity index (χ4n) is 9.25. The van der Waals surface area contributed by atoms with Gasteiger partial charge >= 0.3 is 17.9 Å². The molecule has 0 aliphatic heterocycles. The molecule has 0 rings (SSSR count). The number of aliphatic carboxylic acids is 1. The maximum atomic E-state index is 12.8. The van der Waals surface area contributed by atoms with Gasteiger partial charge in [-0.3, -0.25) is 9.59 Å². The van der Waals surface area contributed by atoms with Gasteiger partial charge in [0.1, 0.15) is 13.2 Å². The summed E-state index contributed by atoms with van der Waals surface area (Å²) in [6, 6.07) is 0. The van der Waals surface area contributed by atoms with Gasteiger partial charge in [0.15, 0.2) is 6.10 Å². The van der Waals surface area contributed by atoms with Gasteiger partial charge < -0.3 is 28.5 Å². The van der Waals surface area contributed by atoms with Crippen LogP contribution in [-0.4, -0.2) is 87.4 Å². The van der Waals surface area contributed by atoms with Crippen LogP contribution < -0.4 is 0 Å². The molecular weight excluding hydrogens is 887 g/mol. The van der Waals surface area contributed by atoms with Crippen molar-refractivity contribution in [1.29, 1.82) is 0 Å². The number of quaternary nitrogens is 1. The van der Waals surface area contributed by atoms with Gasteiger partial charge in [0.2, 0.25) is 0 Å². The normalized spacial score (nSPS) is 12.7. The number of hydrogen-bond acceptors (Lipinski definition) is 7. The van der Waals surface area contributed by atoms with Gasteiger partial charge in [0, 0.05) is 12.8 Å². The van der Waals surface area contributed by atoms with E-state index in [9.17, 15) is 19.5 Å². The van der Waals surface area contributed by atoms with Crippen molar-refractivity contribution in [2.45, 2.75) is 322 Å². The average molecular weight is 1010 g/mol. The van der Waals surface area contributed by atoms with Gasteiger partial charge in [-0.15, -0.1) is 0 Å². The monoisotopic (exact) mass is 1010 g/mol. The van der Waals surface area contributed by atoms with E-state index in [0.29, 0.717) is 23.9 Å². The van der Waals surface area contributed by atoms with E-state index in [1.807, 2.05) is 21.1 Å². The van der Waals surface area contributed by atoms with Crippen molar-refractivity contribution in [3.63, 3.8) is 0 Å². The number of unbranched alkanes of at least 4 members (excludes halogenated alkanes) is 41. The summed E-state index contributed by atoms with van der Waals surface area (Å²) in [5.74, 6) is -1.99. The number of esters is 2. The smallest absolute Gasteiger partial charge is 0.361 e. The lowest BCUT2D eigenvalue weighted by Crippen LogP contribution is -2.40. The number of nitrogens with zero attached hydrogens (tertiary/aromatic N) is 1. The summed E-state index contributed by atoms with van der Waals surface area (Å²) >= 11 is 0. The van der Waals surface area contributed by atoms with Gasteiger partial charge in [0.25, 0.3) is 6.29 Å². The third-order valence-electron chi connectivity index (χ3n) is 14.0. The molecule has 2 unspecified atom stereocenters. The number of carboxylic acid groups (broad SMARTS) is 1. The first-order chi connectivity index (χ1) is 34.6. The Hall–Kier alpha value is -1.97. The molecule has 0 spiro atoms. The lowest BCUT2D eigenvalue weighted by atomic mass is 10.0. The summed E-state index contributed by atoms with van der Waals surface area (Å²) < 4.78 is 22.9. The minimum Gasteiger partial charge on any atom is -0.477 e. The molecule has 9 nitrogen and oxygen atoms in total. The molecule has 0 aromatic rings. The van der Waals surface area contributed by atoms with E-state index in [4.69, 9.17) is 18.9 Å². The second-order valence-corrected chi connectivity index (χ2v) is 22.4. The van der Waals surface area contributed by atoms with E-state index in [1.165, 1.54) is 225 Å². The van der Waals surface area contributed by atoms with Crippen LogP contribution in [0.25, 0.3) is 0 Å². The first-order valence-electron chi connectivity index (χ1n) is 30.9. The third-order valence-corrected chi connectivity index (χ3v) is 14.0. The molecule has 420 valence electrons. The number of carbonyl (C=O) groups is 3. The molecule has 0 aromatic carbocycles. The zero-order chi connectivity index (χ0) is 52.0. The van der Waals surface area contributed by atoms with Gasteiger partial charge in [-0.2, -0.15) is 0 Å². The highest BCUT2D eigenvalue weighted by Gasteiger charge is 2.25. The Balaban J connectivity index is 4.00. The van der Waals surface area contributed by atoms with Gasteiger partial charge in [-0.25, -0.2) is 4.79 Å². The molecule has 0 aromatic heterocycles. The van der Waals surface area contributed by atoms with Crippen LogP contribution >= 0.6 is 0 Å². The van der Waals surface area contributed by atoms with Crippen molar-refractivity contribution in [3.05, 3.63) is 12.2 Å². The molecule has 0 radical (unpaired) electrons. The third kappa shape index (κ3) is 55.6. The van der Waals surface area contributed by atoms with Crippen molar-refractivity contribution in [1.82, 2.24) is 0 Å². The molecule has 9 heteroatoms. The van der Waals surface area contributed by atoms with Crippen molar-refractivity contribution in [2.75, 3.05) is 47.5 Å². The zero-order valence-electron chi connectivity index (χ0n) is 47.9. The molecule has 1 N–H and O–H groups in total. The molecule has 0 amide bonds. The summed E-state index contributed by atoms with van der Waals surface area (Å²) in [4.78, 5) is 37.4. The lowest BCUT2D eigenvalue weighted by Gasteiger charge is -2.25. The van der Waals surface area contributed by atoms with Crippen molar-refractivity contribution in [2.24, 2.45) is 0 Å². The SMILES string of the molecule is CCCCCCC/C=C\CCCCCCCC(=O)OC(COC(=O)CCCCCCCCCCCCCCCCCCCCCCCCCCCCCCCCCC)COC(OCC[N+](C)(C)C)C(=O)O. The maximum absolute atomic E-state index is 12.8. The summed E-state index contributed by atoms with van der Waals surface area (Å²) in [6.07, 6.45) is 60.4. The topological polar surface area (TPSA) is 108 Å². The van der Waals surface area contributed by atoms with Crippen LogP contribution in [0.4, 0.5) is 0 Å². The van der Waals surface area contributed by atoms with Gasteiger partial charge in [-0.05, 0) is 38.5 Å². The Morgan fingerprint density at radius 2 is 0.718 bits per heavy atom. The van der Waals surface area contributed by atoms with E-state index < -0.39 is 24.3 Å². The number of rotatable bonds is 58. The second kappa shape index (κ2) is 54.3. The van der Waals surface area contributed by atoms with Crippen LogP contribution in [0.5, 0.6) is 0 Å². The Bertz CT molecular complexity index is 1170. The number of likely N-dealkylation sites (N-methyl/N-ethyl adjacent to an activating group) is 1. The predicted molar refractivity (Wildman–Crippen MR) is 300 cm³/mol. The minimum atomic E-state index is -1.51. The lowest BCUT2D eigenvalue weighted by molar-refractivity contribution is -0.870. The van der Waals surface area contributed by atoms with Crippen LogP contribution in [0.1, 0.15) is 309 Å². The molecule has 0 fully saturated rings. The first kappa shape index (κ1) is 69.0. The zero-order valence-corrected chi connectivity index (χ0v) is 47.9. The highest BCUT2D eigenvalue weighted by atomic mass is 16.7. The molecule has 2 atom stereocenters. The Labute approximate surface area is 440 Å². The van der Waals surface area contributed by atoms with E-state index in [1.54, 1.807) is 0 Å². The molecule has 0 bridgehead atoms. The van der Waals surface area contributed by atoms with Crippen molar-refractivity contribution >= 4 is 17.9 Å². The maximum Gasteiger partial charge on any atom is 0.361 e. The van der Waals surface area contributed by atoms with Crippen molar-refractivity contribution in [3.8, 4) is 0 Å². The van der Waals surface area contributed by atoms with Crippen LogP contribution in [0.3, 0.4) is 0 Å². The standard InChI is InChI=1S/C62H119NO8/c1-6-8-10-12-14-16-18-20-22-23-24-25-26-27-28-29-30-31-32-33-34-35-36-37-38-39-41-42-44-46-48-50-52-59(64)69-56-58(57-70-62(61(66)67)68-55-54-63(3,4)5)71-60(65)53-51-49-47-45-43-40-21-19-17-15-13-11-9-7-2/h19,21,58,62H,6-18,20,22-57H2,1-5H3/p+1/b21-19-. The number of hydrogen-bond donors (Lipinski definition) is 1. The molecule has 0 saturated carbocycles. The fourth-order valence-corrected chi connectivity index (χ4v) is 9.25. The number of ether oxygens (including phenoxy) is 4. The second-order valence-electron chi connectivity index (χ2n) is 22.4. The van der Waals surface area contributed by atoms with Crippen LogP contribution in [0, 0.1) is 0 Å². The molecule has 0 heterocycles. The molecule has 0 aliphatic carbocycles. The highest BCUT2D eigenvalue weighted by molar-refractivity contribution is 5.71.